The Morgan fingerprint density at radius 1 is 0.860 bits per heavy atom. The minimum Gasteiger partial charge on any atom is -0.357 e. The summed E-state index contributed by atoms with van der Waals surface area (Å²) >= 11 is 12.4. The number of aryl methyl sites for hydroxylation is 1. The molecule has 0 spiro atoms. The molecule has 0 aromatic heterocycles. The highest BCUT2D eigenvalue weighted by Gasteiger charge is 2.35. The second kappa shape index (κ2) is 14.0. The van der Waals surface area contributed by atoms with Gasteiger partial charge < -0.3 is 10.2 Å². The Balaban J connectivity index is 1.81. The van der Waals surface area contributed by atoms with Gasteiger partial charge in [-0.15, -0.1) is 0 Å². The molecule has 7 nitrogen and oxygen atoms in total. The molecule has 0 unspecified atom stereocenters. The topological polar surface area (TPSA) is 86.8 Å². The molecule has 0 radical (unpaired) electrons. The van der Waals surface area contributed by atoms with Crippen molar-refractivity contribution < 1.29 is 22.4 Å². The number of benzene rings is 4. The summed E-state index contributed by atoms with van der Waals surface area (Å²) in [5.74, 6) is -2.01. The molecule has 0 heterocycles. The number of anilines is 1. The molecule has 4 aromatic rings. The Hall–Kier alpha value is -3.92. The van der Waals surface area contributed by atoms with Gasteiger partial charge in [0, 0.05) is 20.0 Å². The summed E-state index contributed by atoms with van der Waals surface area (Å²) in [6.45, 7) is 0.929. The molecule has 1 atom stereocenters. The fourth-order valence-electron chi connectivity index (χ4n) is 4.56. The number of carbonyl (C=O) groups is 2. The molecule has 0 aliphatic heterocycles. The molecule has 0 aliphatic rings. The highest BCUT2D eigenvalue weighted by atomic mass is 35.5. The van der Waals surface area contributed by atoms with Gasteiger partial charge >= 0.3 is 0 Å². The lowest BCUT2D eigenvalue weighted by atomic mass is 10.0. The van der Waals surface area contributed by atoms with Gasteiger partial charge in [0.1, 0.15) is 18.4 Å². The van der Waals surface area contributed by atoms with E-state index in [-0.39, 0.29) is 28.6 Å². The second-order valence-corrected chi connectivity index (χ2v) is 12.5. The third-order valence-electron chi connectivity index (χ3n) is 6.86. The standard InChI is InChI=1S/C32H30Cl2FN3O4S/c1-22-12-15-25(16-13-22)43(41,42)38(29-11-7-6-10-28(29)35)21-31(39)37(20-24-14-17-26(33)27(34)18-24)30(32(40)36-2)19-23-8-4-3-5-9-23/h3-18,30H,19-21H2,1-2H3,(H,36,40)/t30-/m1/s1. The van der Waals surface area contributed by atoms with E-state index in [1.54, 1.807) is 37.3 Å². The zero-order chi connectivity index (χ0) is 31.1. The summed E-state index contributed by atoms with van der Waals surface area (Å²) in [7, 11) is -2.96. The molecular formula is C32H30Cl2FN3O4S. The van der Waals surface area contributed by atoms with Crippen molar-refractivity contribution in [3.05, 3.63) is 130 Å². The Morgan fingerprint density at radius 2 is 1.51 bits per heavy atom. The molecule has 0 aliphatic carbocycles. The monoisotopic (exact) mass is 641 g/mol. The second-order valence-electron chi connectivity index (χ2n) is 9.87. The van der Waals surface area contributed by atoms with Crippen LogP contribution in [-0.2, 0) is 32.6 Å². The lowest BCUT2D eigenvalue weighted by Gasteiger charge is -2.33. The van der Waals surface area contributed by atoms with Crippen LogP contribution >= 0.6 is 23.2 Å². The first-order chi connectivity index (χ1) is 20.5. The normalized spacial score (nSPS) is 11.9. The number of sulfonamides is 1. The highest BCUT2D eigenvalue weighted by Crippen LogP contribution is 2.28. The molecule has 0 saturated heterocycles. The van der Waals surface area contributed by atoms with Gasteiger partial charge in [0.25, 0.3) is 10.0 Å². The summed E-state index contributed by atoms with van der Waals surface area (Å²) in [4.78, 5) is 28.7. The van der Waals surface area contributed by atoms with Crippen LogP contribution in [0.4, 0.5) is 10.1 Å². The van der Waals surface area contributed by atoms with Crippen LogP contribution in [0.15, 0.2) is 102 Å². The van der Waals surface area contributed by atoms with E-state index in [1.165, 1.54) is 42.3 Å². The molecule has 0 saturated carbocycles. The molecule has 0 bridgehead atoms. The molecule has 224 valence electrons. The summed E-state index contributed by atoms with van der Waals surface area (Å²) in [6, 6.07) is 24.2. The summed E-state index contributed by atoms with van der Waals surface area (Å²) in [5, 5.41) is 3.17. The zero-order valence-electron chi connectivity index (χ0n) is 23.5. The van der Waals surface area contributed by atoms with Crippen molar-refractivity contribution in [1.82, 2.24) is 10.2 Å². The average Bonchev–Trinajstić information content (AvgIpc) is 3.00. The van der Waals surface area contributed by atoms with E-state index in [0.717, 1.165) is 21.5 Å². The minimum absolute atomic E-state index is 0.101. The van der Waals surface area contributed by atoms with Gasteiger partial charge in [-0.25, -0.2) is 12.8 Å². The van der Waals surface area contributed by atoms with E-state index in [9.17, 15) is 18.0 Å². The first-order valence-corrected chi connectivity index (χ1v) is 15.5. The number of amides is 2. The average molecular weight is 643 g/mol. The number of nitrogens with zero attached hydrogens (tertiary/aromatic N) is 2. The predicted octanol–water partition coefficient (Wildman–Crippen LogP) is 6.02. The van der Waals surface area contributed by atoms with Gasteiger partial charge in [-0.3, -0.25) is 13.9 Å². The lowest BCUT2D eigenvalue weighted by molar-refractivity contribution is -0.139. The van der Waals surface area contributed by atoms with E-state index in [0.29, 0.717) is 10.6 Å². The van der Waals surface area contributed by atoms with Crippen molar-refractivity contribution in [2.75, 3.05) is 17.9 Å². The maximum absolute atomic E-state index is 15.1. The summed E-state index contributed by atoms with van der Waals surface area (Å²) in [6.07, 6.45) is 0.137. The van der Waals surface area contributed by atoms with Gasteiger partial charge in [-0.1, -0.05) is 89.4 Å². The molecular weight excluding hydrogens is 612 g/mol. The largest absolute Gasteiger partial charge is 0.357 e. The highest BCUT2D eigenvalue weighted by molar-refractivity contribution is 7.92. The van der Waals surface area contributed by atoms with Crippen molar-refractivity contribution in [2.24, 2.45) is 0 Å². The van der Waals surface area contributed by atoms with E-state index < -0.39 is 40.2 Å². The summed E-state index contributed by atoms with van der Waals surface area (Å²) in [5.41, 5.74) is 1.87. The van der Waals surface area contributed by atoms with Crippen LogP contribution < -0.4 is 9.62 Å². The molecule has 2 amide bonds. The van der Waals surface area contributed by atoms with Crippen LogP contribution in [0, 0.1) is 12.7 Å². The number of carbonyl (C=O) groups excluding carboxylic acids is 2. The number of hydrogen-bond donors (Lipinski definition) is 1. The van der Waals surface area contributed by atoms with Gasteiger partial charge in [0.2, 0.25) is 11.8 Å². The lowest BCUT2D eigenvalue weighted by Crippen LogP contribution is -2.53. The SMILES string of the molecule is CNC(=O)[C@@H](Cc1ccccc1)N(Cc1ccc(Cl)c(Cl)c1)C(=O)CN(c1ccccc1F)S(=O)(=O)c1ccc(C)cc1. The number of likely N-dealkylation sites (N-methyl/N-ethyl adjacent to an activating group) is 1. The van der Waals surface area contributed by atoms with E-state index in [4.69, 9.17) is 23.2 Å². The Morgan fingerprint density at radius 3 is 2.14 bits per heavy atom. The maximum Gasteiger partial charge on any atom is 0.264 e. The van der Waals surface area contributed by atoms with Gasteiger partial charge in [-0.2, -0.15) is 0 Å². The Kier molecular flexibility index (Phi) is 10.4. The fourth-order valence-corrected chi connectivity index (χ4v) is 6.30. The number of para-hydroxylation sites is 1. The number of hydrogen-bond acceptors (Lipinski definition) is 4. The number of rotatable bonds is 11. The van der Waals surface area contributed by atoms with E-state index in [2.05, 4.69) is 5.32 Å². The Labute approximate surface area is 260 Å². The maximum atomic E-state index is 15.1. The van der Waals surface area contributed by atoms with Crippen LogP contribution in [0.5, 0.6) is 0 Å². The van der Waals surface area contributed by atoms with E-state index in [1.807, 2.05) is 30.3 Å². The van der Waals surface area contributed by atoms with Crippen LogP contribution in [0.3, 0.4) is 0 Å². The number of nitrogens with one attached hydrogen (secondary N) is 1. The smallest absolute Gasteiger partial charge is 0.264 e. The Bertz CT molecular complexity index is 1700. The van der Waals surface area contributed by atoms with Gasteiger partial charge in [0.15, 0.2) is 0 Å². The quantitative estimate of drug-likeness (QED) is 0.217. The van der Waals surface area contributed by atoms with Crippen LogP contribution in [-0.4, -0.2) is 44.8 Å². The molecule has 4 aromatic carbocycles. The predicted molar refractivity (Wildman–Crippen MR) is 167 cm³/mol. The first-order valence-electron chi connectivity index (χ1n) is 13.3. The van der Waals surface area contributed by atoms with Crippen molar-refractivity contribution in [3.63, 3.8) is 0 Å². The van der Waals surface area contributed by atoms with Crippen LogP contribution in [0.1, 0.15) is 16.7 Å². The fraction of sp³-hybridized carbons (Fsp3) is 0.188. The molecule has 0 fully saturated rings. The van der Waals surface area contributed by atoms with Crippen LogP contribution in [0.2, 0.25) is 10.0 Å². The van der Waals surface area contributed by atoms with Crippen molar-refractivity contribution in [2.45, 2.75) is 30.8 Å². The first kappa shape index (κ1) is 32.0. The zero-order valence-corrected chi connectivity index (χ0v) is 25.8. The third kappa shape index (κ3) is 7.73. The minimum atomic E-state index is -4.41. The summed E-state index contributed by atoms with van der Waals surface area (Å²) < 4.78 is 43.7. The molecule has 1 N–H and O–H groups in total. The van der Waals surface area contributed by atoms with E-state index >= 15 is 4.39 Å². The van der Waals surface area contributed by atoms with Gasteiger partial charge in [0.05, 0.1) is 20.6 Å². The molecule has 4 rings (SSSR count). The van der Waals surface area contributed by atoms with Crippen LogP contribution in [0.25, 0.3) is 0 Å². The van der Waals surface area contributed by atoms with Gasteiger partial charge in [-0.05, 0) is 54.4 Å². The number of halogens is 3. The van der Waals surface area contributed by atoms with Crippen molar-refractivity contribution in [3.8, 4) is 0 Å². The molecule has 11 heteroatoms. The molecule has 43 heavy (non-hydrogen) atoms. The van der Waals surface area contributed by atoms with Crippen molar-refractivity contribution in [1.29, 1.82) is 0 Å². The van der Waals surface area contributed by atoms with Crippen molar-refractivity contribution >= 4 is 50.7 Å². The third-order valence-corrected chi connectivity index (χ3v) is 9.38.